The third kappa shape index (κ3) is 2.73. The van der Waals surface area contributed by atoms with Crippen LogP contribution in [0.5, 0.6) is 0 Å². The van der Waals surface area contributed by atoms with Crippen molar-refractivity contribution in [1.82, 2.24) is 9.97 Å². The van der Waals surface area contributed by atoms with Gasteiger partial charge in [-0.2, -0.15) is 0 Å². The Bertz CT molecular complexity index is 624. The van der Waals surface area contributed by atoms with Crippen LogP contribution in [-0.2, 0) is 0 Å². The molecule has 0 fully saturated rings. The summed E-state index contributed by atoms with van der Waals surface area (Å²) in [7, 11) is 0. The van der Waals surface area contributed by atoms with Gasteiger partial charge in [0.2, 0.25) is 0 Å². The Labute approximate surface area is 108 Å². The average molecular weight is 263 g/mol. The van der Waals surface area contributed by atoms with Gasteiger partial charge < -0.3 is 5.32 Å². The van der Waals surface area contributed by atoms with Crippen LogP contribution in [0, 0.1) is 25.5 Å². The highest BCUT2D eigenvalue weighted by Gasteiger charge is 2.15. The van der Waals surface area contributed by atoms with Crippen molar-refractivity contribution in [2.24, 2.45) is 0 Å². The molecule has 0 aliphatic heterocycles. The number of amides is 1. The van der Waals surface area contributed by atoms with Crippen LogP contribution >= 0.6 is 0 Å². The van der Waals surface area contributed by atoms with Crippen LogP contribution < -0.4 is 5.32 Å². The van der Waals surface area contributed by atoms with Gasteiger partial charge in [0.05, 0.1) is 11.3 Å². The second kappa shape index (κ2) is 5.09. The van der Waals surface area contributed by atoms with Crippen LogP contribution in [0.15, 0.2) is 24.4 Å². The Morgan fingerprint density at radius 2 is 1.84 bits per heavy atom. The Hall–Kier alpha value is -2.37. The van der Waals surface area contributed by atoms with Crippen molar-refractivity contribution in [2.75, 3.05) is 5.32 Å². The third-order valence-electron chi connectivity index (χ3n) is 2.55. The Morgan fingerprint density at radius 1 is 1.21 bits per heavy atom. The Balaban J connectivity index is 2.31. The van der Waals surface area contributed by atoms with Crippen molar-refractivity contribution < 1.29 is 13.6 Å². The largest absolute Gasteiger partial charge is 0.317 e. The van der Waals surface area contributed by atoms with E-state index in [1.54, 1.807) is 13.8 Å². The van der Waals surface area contributed by atoms with Crippen LogP contribution in [-0.4, -0.2) is 15.9 Å². The first kappa shape index (κ1) is 13.1. The normalized spacial score (nSPS) is 10.3. The molecule has 1 aromatic carbocycles. The van der Waals surface area contributed by atoms with Crippen molar-refractivity contribution in [3.63, 3.8) is 0 Å². The number of nitrogens with one attached hydrogen (secondary N) is 1. The van der Waals surface area contributed by atoms with E-state index in [0.717, 1.165) is 12.1 Å². The molecule has 19 heavy (non-hydrogen) atoms. The lowest BCUT2D eigenvalue weighted by molar-refractivity contribution is 0.102. The minimum Gasteiger partial charge on any atom is -0.317 e. The molecular weight excluding hydrogens is 252 g/mol. The number of carbonyl (C=O) groups excluding carboxylic acids is 1. The number of halogens is 2. The van der Waals surface area contributed by atoms with E-state index >= 15 is 0 Å². The number of rotatable bonds is 2. The molecule has 1 aromatic heterocycles. The highest BCUT2D eigenvalue weighted by atomic mass is 19.1. The number of benzene rings is 1. The van der Waals surface area contributed by atoms with Gasteiger partial charge in [0.15, 0.2) is 0 Å². The number of aryl methyl sites for hydroxylation is 2. The van der Waals surface area contributed by atoms with E-state index in [2.05, 4.69) is 15.3 Å². The molecule has 0 atom stereocenters. The summed E-state index contributed by atoms with van der Waals surface area (Å²) < 4.78 is 26.8. The molecule has 0 aliphatic rings. The molecule has 2 aromatic rings. The highest BCUT2D eigenvalue weighted by molar-refractivity contribution is 6.04. The second-order valence-electron chi connectivity index (χ2n) is 3.97. The van der Waals surface area contributed by atoms with E-state index in [4.69, 9.17) is 0 Å². The van der Waals surface area contributed by atoms with Gasteiger partial charge in [-0.1, -0.05) is 6.07 Å². The summed E-state index contributed by atoms with van der Waals surface area (Å²) in [5.74, 6) is -1.80. The van der Waals surface area contributed by atoms with Crippen LogP contribution in [0.3, 0.4) is 0 Å². The van der Waals surface area contributed by atoms with E-state index in [-0.39, 0.29) is 5.56 Å². The number of nitrogens with zero attached hydrogens (tertiary/aromatic N) is 2. The second-order valence-corrected chi connectivity index (χ2v) is 3.97. The lowest BCUT2D eigenvalue weighted by atomic mass is 10.2. The summed E-state index contributed by atoms with van der Waals surface area (Å²) in [5.41, 5.74) is 0.141. The zero-order valence-corrected chi connectivity index (χ0v) is 10.4. The van der Waals surface area contributed by atoms with E-state index in [1.165, 1.54) is 12.3 Å². The summed E-state index contributed by atoms with van der Waals surface area (Å²) in [4.78, 5) is 19.8. The minimum atomic E-state index is -0.834. The molecule has 4 nitrogen and oxygen atoms in total. The Kier molecular flexibility index (Phi) is 3.50. The lowest BCUT2D eigenvalue weighted by Gasteiger charge is -2.08. The predicted octanol–water partition coefficient (Wildman–Crippen LogP) is 2.62. The standard InChI is InChI=1S/C13H11F2N3O/c1-7-9(6-16-8(2)17-7)13(19)18-12-10(14)4-3-5-11(12)15/h3-6H,1-2H3,(H,18,19). The van der Waals surface area contributed by atoms with Gasteiger partial charge in [0, 0.05) is 6.20 Å². The van der Waals surface area contributed by atoms with Gasteiger partial charge in [0.1, 0.15) is 23.1 Å². The lowest BCUT2D eigenvalue weighted by Crippen LogP contribution is -2.17. The van der Waals surface area contributed by atoms with E-state index in [0.29, 0.717) is 11.5 Å². The summed E-state index contributed by atoms with van der Waals surface area (Å²) in [5, 5.41) is 2.19. The average Bonchev–Trinajstić information content (AvgIpc) is 2.33. The maximum Gasteiger partial charge on any atom is 0.259 e. The van der Waals surface area contributed by atoms with E-state index in [1.807, 2.05) is 0 Å². The number of para-hydroxylation sites is 1. The highest BCUT2D eigenvalue weighted by Crippen LogP contribution is 2.19. The topological polar surface area (TPSA) is 54.9 Å². The number of hydrogen-bond acceptors (Lipinski definition) is 3. The van der Waals surface area contributed by atoms with Crippen LogP contribution in [0.2, 0.25) is 0 Å². The zero-order chi connectivity index (χ0) is 14.0. The molecule has 1 N–H and O–H groups in total. The van der Waals surface area contributed by atoms with Gasteiger partial charge in [0.25, 0.3) is 5.91 Å². The van der Waals surface area contributed by atoms with Gasteiger partial charge in [-0.05, 0) is 26.0 Å². The van der Waals surface area contributed by atoms with Crippen molar-refractivity contribution >= 4 is 11.6 Å². The van der Waals surface area contributed by atoms with E-state index < -0.39 is 23.2 Å². The maximum absolute atomic E-state index is 13.4. The molecular formula is C13H11F2N3O. The van der Waals surface area contributed by atoms with Gasteiger partial charge in [-0.15, -0.1) is 0 Å². The van der Waals surface area contributed by atoms with Crippen LogP contribution in [0.4, 0.5) is 14.5 Å². The van der Waals surface area contributed by atoms with Crippen LogP contribution in [0.25, 0.3) is 0 Å². The fourth-order valence-corrected chi connectivity index (χ4v) is 1.60. The van der Waals surface area contributed by atoms with Crippen molar-refractivity contribution in [1.29, 1.82) is 0 Å². The van der Waals surface area contributed by atoms with Crippen molar-refractivity contribution in [3.05, 3.63) is 53.1 Å². The van der Waals surface area contributed by atoms with Crippen molar-refractivity contribution in [3.8, 4) is 0 Å². The number of carbonyl (C=O) groups is 1. The van der Waals surface area contributed by atoms with E-state index in [9.17, 15) is 13.6 Å². The molecule has 1 heterocycles. The molecule has 0 aliphatic carbocycles. The molecule has 1 amide bonds. The molecule has 0 spiro atoms. The quantitative estimate of drug-likeness (QED) is 0.906. The fraction of sp³-hybridized carbons (Fsp3) is 0.154. The number of aromatic nitrogens is 2. The third-order valence-corrected chi connectivity index (χ3v) is 2.55. The molecule has 0 unspecified atom stereocenters. The molecule has 0 radical (unpaired) electrons. The first-order valence-electron chi connectivity index (χ1n) is 5.54. The molecule has 0 saturated carbocycles. The number of anilines is 1. The minimum absolute atomic E-state index is 0.174. The molecule has 2 rings (SSSR count). The van der Waals surface area contributed by atoms with Crippen molar-refractivity contribution in [2.45, 2.75) is 13.8 Å². The van der Waals surface area contributed by atoms with Gasteiger partial charge in [-0.25, -0.2) is 18.7 Å². The smallest absolute Gasteiger partial charge is 0.259 e. The Morgan fingerprint density at radius 3 is 2.42 bits per heavy atom. The fourth-order valence-electron chi connectivity index (χ4n) is 1.60. The summed E-state index contributed by atoms with van der Waals surface area (Å²) in [6.45, 7) is 3.31. The number of hydrogen-bond donors (Lipinski definition) is 1. The van der Waals surface area contributed by atoms with Gasteiger partial charge >= 0.3 is 0 Å². The van der Waals surface area contributed by atoms with Gasteiger partial charge in [-0.3, -0.25) is 4.79 Å². The predicted molar refractivity (Wildman–Crippen MR) is 65.8 cm³/mol. The molecule has 6 heteroatoms. The molecule has 0 saturated heterocycles. The summed E-state index contributed by atoms with van der Waals surface area (Å²) in [6, 6.07) is 3.36. The monoisotopic (exact) mass is 263 g/mol. The SMILES string of the molecule is Cc1ncc(C(=O)Nc2c(F)cccc2F)c(C)n1. The van der Waals surface area contributed by atoms with Crippen LogP contribution in [0.1, 0.15) is 21.9 Å². The summed E-state index contributed by atoms with van der Waals surface area (Å²) >= 11 is 0. The molecule has 98 valence electrons. The molecule has 0 bridgehead atoms. The first-order valence-corrected chi connectivity index (χ1v) is 5.54. The maximum atomic E-state index is 13.4. The summed E-state index contributed by atoms with van der Waals surface area (Å²) in [6.07, 6.45) is 1.33. The zero-order valence-electron chi connectivity index (χ0n) is 10.4. The first-order chi connectivity index (χ1) is 8.99.